The van der Waals surface area contributed by atoms with Crippen molar-refractivity contribution in [2.75, 3.05) is 16.4 Å². The summed E-state index contributed by atoms with van der Waals surface area (Å²) in [6, 6.07) is 13.5. The zero-order valence-corrected chi connectivity index (χ0v) is 14.1. The van der Waals surface area contributed by atoms with E-state index in [0.29, 0.717) is 11.9 Å². The smallest absolute Gasteiger partial charge is 0.233 e. The van der Waals surface area contributed by atoms with Crippen LogP contribution in [0.3, 0.4) is 0 Å². The van der Waals surface area contributed by atoms with E-state index < -0.39 is 0 Å². The molecule has 24 heavy (non-hydrogen) atoms. The highest BCUT2D eigenvalue weighted by molar-refractivity contribution is 6.28. The van der Waals surface area contributed by atoms with Crippen molar-refractivity contribution >= 4 is 40.6 Å². The molecule has 0 saturated heterocycles. The lowest BCUT2D eigenvalue weighted by molar-refractivity contribution is 1.06. The van der Waals surface area contributed by atoms with Crippen LogP contribution in [-0.2, 0) is 0 Å². The SMILES string of the molecule is Cc1ccc(Nc2nc(Cl)nc(Nc3ccc(N)c(C)c3)n2)cc1. The second-order valence-corrected chi connectivity index (χ2v) is 5.78. The van der Waals surface area contributed by atoms with E-state index in [2.05, 4.69) is 25.6 Å². The fraction of sp³-hybridized carbons (Fsp3) is 0.118. The molecule has 0 radical (unpaired) electrons. The summed E-state index contributed by atoms with van der Waals surface area (Å²) in [7, 11) is 0. The van der Waals surface area contributed by atoms with E-state index in [1.807, 2.05) is 56.3 Å². The van der Waals surface area contributed by atoms with Crippen molar-refractivity contribution in [2.24, 2.45) is 0 Å². The highest BCUT2D eigenvalue weighted by Gasteiger charge is 2.07. The number of anilines is 5. The Morgan fingerprint density at radius 3 is 2.04 bits per heavy atom. The fourth-order valence-corrected chi connectivity index (χ4v) is 2.27. The average Bonchev–Trinajstić information content (AvgIpc) is 2.53. The molecule has 0 atom stereocenters. The van der Waals surface area contributed by atoms with Gasteiger partial charge >= 0.3 is 0 Å². The molecule has 2 aromatic carbocycles. The average molecular weight is 341 g/mol. The van der Waals surface area contributed by atoms with E-state index in [4.69, 9.17) is 17.3 Å². The molecule has 0 fully saturated rings. The van der Waals surface area contributed by atoms with Gasteiger partial charge in [-0.1, -0.05) is 17.7 Å². The number of aryl methyl sites for hydroxylation is 2. The molecule has 6 nitrogen and oxygen atoms in total. The molecule has 3 rings (SSSR count). The van der Waals surface area contributed by atoms with Crippen LogP contribution in [0.2, 0.25) is 5.28 Å². The number of nitrogen functional groups attached to an aromatic ring is 1. The molecule has 0 unspecified atom stereocenters. The Hall–Kier alpha value is -2.86. The quantitative estimate of drug-likeness (QED) is 0.616. The summed E-state index contributed by atoms with van der Waals surface area (Å²) in [5.74, 6) is 0.724. The molecule has 0 aliphatic rings. The summed E-state index contributed by atoms with van der Waals surface area (Å²) >= 11 is 6.00. The van der Waals surface area contributed by atoms with Crippen molar-refractivity contribution in [3.8, 4) is 0 Å². The Morgan fingerprint density at radius 2 is 1.42 bits per heavy atom. The van der Waals surface area contributed by atoms with Crippen LogP contribution in [0.25, 0.3) is 0 Å². The van der Waals surface area contributed by atoms with Gasteiger partial charge in [0.15, 0.2) is 0 Å². The summed E-state index contributed by atoms with van der Waals surface area (Å²) in [5.41, 5.74) is 10.4. The zero-order valence-electron chi connectivity index (χ0n) is 13.3. The summed E-state index contributed by atoms with van der Waals surface area (Å²) < 4.78 is 0. The molecule has 1 aromatic heterocycles. The summed E-state index contributed by atoms with van der Waals surface area (Å²) in [6.45, 7) is 3.96. The maximum absolute atomic E-state index is 6.00. The predicted molar refractivity (Wildman–Crippen MR) is 98.2 cm³/mol. The van der Waals surface area contributed by atoms with Crippen LogP contribution >= 0.6 is 11.6 Å². The van der Waals surface area contributed by atoms with E-state index in [1.54, 1.807) is 0 Å². The molecule has 0 aliphatic carbocycles. The summed E-state index contributed by atoms with van der Waals surface area (Å²) in [4.78, 5) is 12.5. The zero-order chi connectivity index (χ0) is 17.1. The summed E-state index contributed by atoms with van der Waals surface area (Å²) in [5, 5.41) is 6.32. The molecule has 4 N–H and O–H groups in total. The number of nitrogens with one attached hydrogen (secondary N) is 2. The molecule has 0 amide bonds. The maximum atomic E-state index is 6.00. The molecule has 0 saturated carbocycles. The number of aromatic nitrogens is 3. The van der Waals surface area contributed by atoms with Gasteiger partial charge in [-0.25, -0.2) is 0 Å². The Morgan fingerprint density at radius 1 is 0.833 bits per heavy atom. The molecular weight excluding hydrogens is 324 g/mol. The van der Waals surface area contributed by atoms with Crippen LogP contribution < -0.4 is 16.4 Å². The van der Waals surface area contributed by atoms with Gasteiger partial charge in [0.2, 0.25) is 17.2 Å². The largest absolute Gasteiger partial charge is 0.399 e. The van der Waals surface area contributed by atoms with Crippen molar-refractivity contribution in [3.63, 3.8) is 0 Å². The van der Waals surface area contributed by atoms with E-state index >= 15 is 0 Å². The number of rotatable bonds is 4. The van der Waals surface area contributed by atoms with Gasteiger partial charge in [0, 0.05) is 17.1 Å². The Balaban J connectivity index is 1.82. The van der Waals surface area contributed by atoms with Gasteiger partial charge in [-0.15, -0.1) is 0 Å². The lowest BCUT2D eigenvalue weighted by Gasteiger charge is -2.10. The van der Waals surface area contributed by atoms with E-state index in [0.717, 1.165) is 22.6 Å². The molecule has 0 spiro atoms. The monoisotopic (exact) mass is 340 g/mol. The predicted octanol–water partition coefficient (Wildman–Crippen LogP) is 4.21. The van der Waals surface area contributed by atoms with Crippen LogP contribution in [0, 0.1) is 13.8 Å². The van der Waals surface area contributed by atoms with Gasteiger partial charge in [-0.2, -0.15) is 15.0 Å². The number of nitrogens with two attached hydrogens (primary N) is 1. The maximum Gasteiger partial charge on any atom is 0.233 e. The number of nitrogens with zero attached hydrogens (tertiary/aromatic N) is 3. The minimum absolute atomic E-state index is 0.106. The number of hydrogen-bond acceptors (Lipinski definition) is 6. The summed E-state index contributed by atoms with van der Waals surface area (Å²) in [6.07, 6.45) is 0. The van der Waals surface area contributed by atoms with E-state index in [1.165, 1.54) is 5.56 Å². The third-order valence-corrected chi connectivity index (χ3v) is 3.61. The Labute approximate surface area is 145 Å². The van der Waals surface area contributed by atoms with Gasteiger partial charge in [-0.3, -0.25) is 0 Å². The Kier molecular flexibility index (Phi) is 4.48. The third kappa shape index (κ3) is 3.91. The first kappa shape index (κ1) is 16.0. The molecule has 3 aromatic rings. The lowest BCUT2D eigenvalue weighted by atomic mass is 10.2. The Bertz CT molecular complexity index is 863. The lowest BCUT2D eigenvalue weighted by Crippen LogP contribution is -2.04. The van der Waals surface area contributed by atoms with E-state index in [-0.39, 0.29) is 5.28 Å². The first-order chi connectivity index (χ1) is 11.5. The second kappa shape index (κ2) is 6.72. The molecule has 122 valence electrons. The molecule has 0 bridgehead atoms. The van der Waals surface area contributed by atoms with Crippen molar-refractivity contribution in [1.82, 2.24) is 15.0 Å². The van der Waals surface area contributed by atoms with Crippen LogP contribution in [0.5, 0.6) is 0 Å². The van der Waals surface area contributed by atoms with Crippen molar-refractivity contribution < 1.29 is 0 Å². The first-order valence-electron chi connectivity index (χ1n) is 7.38. The number of benzene rings is 2. The minimum atomic E-state index is 0.106. The molecule has 0 aliphatic heterocycles. The van der Waals surface area contributed by atoms with Gasteiger partial charge in [0.05, 0.1) is 0 Å². The third-order valence-electron chi connectivity index (χ3n) is 3.44. The molecular formula is C17H17ClN6. The topological polar surface area (TPSA) is 88.8 Å². The fourth-order valence-electron chi connectivity index (χ4n) is 2.11. The van der Waals surface area contributed by atoms with Gasteiger partial charge in [0.1, 0.15) is 0 Å². The minimum Gasteiger partial charge on any atom is -0.399 e. The van der Waals surface area contributed by atoms with Crippen LogP contribution in [0.1, 0.15) is 11.1 Å². The highest BCUT2D eigenvalue weighted by Crippen LogP contribution is 2.21. The first-order valence-corrected chi connectivity index (χ1v) is 7.76. The van der Waals surface area contributed by atoms with Gasteiger partial charge < -0.3 is 16.4 Å². The van der Waals surface area contributed by atoms with Crippen molar-refractivity contribution in [2.45, 2.75) is 13.8 Å². The second-order valence-electron chi connectivity index (χ2n) is 5.44. The number of halogens is 1. The normalized spacial score (nSPS) is 10.5. The highest BCUT2D eigenvalue weighted by atomic mass is 35.5. The van der Waals surface area contributed by atoms with E-state index in [9.17, 15) is 0 Å². The van der Waals surface area contributed by atoms with Gasteiger partial charge in [0.25, 0.3) is 0 Å². The standard InChI is InChI=1S/C17H17ClN6/c1-10-3-5-12(6-4-10)20-16-22-15(18)23-17(24-16)21-13-7-8-14(19)11(2)9-13/h3-9H,19H2,1-2H3,(H2,20,21,22,23,24). The van der Waals surface area contributed by atoms with Crippen LogP contribution in [-0.4, -0.2) is 15.0 Å². The van der Waals surface area contributed by atoms with Gasteiger partial charge in [-0.05, 0) is 61.3 Å². The van der Waals surface area contributed by atoms with Crippen molar-refractivity contribution in [1.29, 1.82) is 0 Å². The van der Waals surface area contributed by atoms with Crippen LogP contribution in [0.4, 0.5) is 29.0 Å². The molecule has 1 heterocycles. The number of hydrogen-bond donors (Lipinski definition) is 3. The van der Waals surface area contributed by atoms with Crippen LogP contribution in [0.15, 0.2) is 42.5 Å². The van der Waals surface area contributed by atoms with Crippen molar-refractivity contribution in [3.05, 3.63) is 58.9 Å². The molecule has 7 heteroatoms.